The van der Waals surface area contributed by atoms with Crippen LogP contribution in [0, 0.1) is 0 Å². The van der Waals surface area contributed by atoms with E-state index < -0.39 is 6.04 Å². The quantitative estimate of drug-likeness (QED) is 0.878. The zero-order valence-electron chi connectivity index (χ0n) is 15.7. The van der Waals surface area contributed by atoms with Crippen LogP contribution in [0.2, 0.25) is 0 Å². The van der Waals surface area contributed by atoms with Crippen LogP contribution >= 0.6 is 0 Å². The summed E-state index contributed by atoms with van der Waals surface area (Å²) in [5.74, 6) is -0.187. The van der Waals surface area contributed by atoms with Crippen molar-refractivity contribution in [3.63, 3.8) is 0 Å². The third kappa shape index (κ3) is 3.29. The monoisotopic (exact) mass is 363 g/mol. The number of hydrogen-bond acceptors (Lipinski definition) is 3. The van der Waals surface area contributed by atoms with Gasteiger partial charge in [0.15, 0.2) is 0 Å². The molecule has 0 unspecified atom stereocenters. The fraction of sp³-hybridized carbons (Fsp3) is 0.364. The molecule has 0 bridgehead atoms. The van der Waals surface area contributed by atoms with Gasteiger partial charge in [0, 0.05) is 18.2 Å². The van der Waals surface area contributed by atoms with Crippen molar-refractivity contribution in [2.24, 2.45) is 0 Å². The number of carbonyl (C=O) groups excluding carboxylic acids is 2. The van der Waals surface area contributed by atoms with Crippen molar-refractivity contribution < 1.29 is 9.59 Å². The van der Waals surface area contributed by atoms with E-state index in [2.05, 4.69) is 34.6 Å². The van der Waals surface area contributed by atoms with E-state index in [1.54, 1.807) is 0 Å². The number of para-hydroxylation sites is 1. The molecule has 2 heterocycles. The second-order valence-corrected chi connectivity index (χ2v) is 7.54. The maximum Gasteiger partial charge on any atom is 0.243 e. The number of nitrogens with one attached hydrogen (secondary N) is 2. The summed E-state index contributed by atoms with van der Waals surface area (Å²) in [6.45, 7) is 4.10. The summed E-state index contributed by atoms with van der Waals surface area (Å²) in [4.78, 5) is 27.6. The first-order valence-corrected chi connectivity index (χ1v) is 9.56. The lowest BCUT2D eigenvalue weighted by Gasteiger charge is -2.29. The van der Waals surface area contributed by atoms with Crippen molar-refractivity contribution in [2.45, 2.75) is 50.9 Å². The summed E-state index contributed by atoms with van der Waals surface area (Å²) in [6, 6.07) is 17.4. The Morgan fingerprint density at radius 2 is 1.85 bits per heavy atom. The third-order valence-corrected chi connectivity index (χ3v) is 5.65. The number of amides is 2. The highest BCUT2D eigenvalue weighted by Gasteiger charge is 2.43. The van der Waals surface area contributed by atoms with Crippen LogP contribution in [-0.2, 0) is 16.0 Å². The standard InChI is InChI=1S/C22H25N3O2/c1-14-12-17-10-6-7-11-19(17)25(14)20-13-18(24-22(20)27)21(26)23-15(2)16-8-4-3-5-9-16/h3-11,14-15,18,20H,12-13H2,1-2H3,(H,23,26)(H,24,27)/t14-,15-,18-,20-/m0/s1. The lowest BCUT2D eigenvalue weighted by atomic mass is 10.1. The molecule has 4 rings (SSSR count). The van der Waals surface area contributed by atoms with E-state index in [9.17, 15) is 9.59 Å². The van der Waals surface area contributed by atoms with Crippen molar-refractivity contribution >= 4 is 17.5 Å². The van der Waals surface area contributed by atoms with Gasteiger partial charge in [0.25, 0.3) is 0 Å². The van der Waals surface area contributed by atoms with Gasteiger partial charge >= 0.3 is 0 Å². The first-order valence-electron chi connectivity index (χ1n) is 9.56. The molecule has 0 aromatic heterocycles. The normalized spacial score (nSPS) is 25.0. The summed E-state index contributed by atoms with van der Waals surface area (Å²) in [7, 11) is 0. The molecule has 0 saturated carbocycles. The van der Waals surface area contributed by atoms with Gasteiger partial charge in [0.2, 0.25) is 11.8 Å². The molecule has 2 aliphatic heterocycles. The van der Waals surface area contributed by atoms with Crippen molar-refractivity contribution in [1.82, 2.24) is 10.6 Å². The molecule has 27 heavy (non-hydrogen) atoms. The summed E-state index contributed by atoms with van der Waals surface area (Å²) >= 11 is 0. The highest BCUT2D eigenvalue weighted by atomic mass is 16.2. The Hall–Kier alpha value is -2.82. The minimum atomic E-state index is -0.492. The predicted molar refractivity (Wildman–Crippen MR) is 105 cm³/mol. The Kier molecular flexibility index (Phi) is 4.60. The van der Waals surface area contributed by atoms with Crippen LogP contribution in [0.4, 0.5) is 5.69 Å². The second kappa shape index (κ2) is 7.06. The number of carbonyl (C=O) groups is 2. The molecule has 5 nitrogen and oxygen atoms in total. The number of nitrogens with zero attached hydrogens (tertiary/aromatic N) is 1. The molecular weight excluding hydrogens is 338 g/mol. The van der Waals surface area contributed by atoms with Crippen LogP contribution in [-0.4, -0.2) is 29.9 Å². The SMILES string of the molecule is C[C@H](NC(=O)[C@@H]1C[C@H](N2c3ccccc3C[C@@H]2C)C(=O)N1)c1ccccc1. The highest BCUT2D eigenvalue weighted by molar-refractivity contribution is 5.96. The number of benzene rings is 2. The van der Waals surface area contributed by atoms with E-state index >= 15 is 0 Å². The molecule has 1 fully saturated rings. The Labute approximate surface area is 159 Å². The van der Waals surface area contributed by atoms with E-state index in [4.69, 9.17) is 0 Å². The van der Waals surface area contributed by atoms with Crippen molar-refractivity contribution in [3.8, 4) is 0 Å². The van der Waals surface area contributed by atoms with Crippen LogP contribution in [0.15, 0.2) is 54.6 Å². The first kappa shape index (κ1) is 17.6. The number of rotatable bonds is 4. The van der Waals surface area contributed by atoms with Crippen LogP contribution in [0.5, 0.6) is 0 Å². The Morgan fingerprint density at radius 1 is 1.15 bits per heavy atom. The maximum atomic E-state index is 12.7. The van der Waals surface area contributed by atoms with Gasteiger partial charge in [0.1, 0.15) is 12.1 Å². The smallest absolute Gasteiger partial charge is 0.243 e. The van der Waals surface area contributed by atoms with Gasteiger partial charge in [-0.25, -0.2) is 0 Å². The van der Waals surface area contributed by atoms with E-state index in [1.807, 2.05) is 49.4 Å². The maximum absolute atomic E-state index is 12.7. The van der Waals surface area contributed by atoms with E-state index in [0.29, 0.717) is 6.42 Å². The molecule has 5 heteroatoms. The molecule has 0 aliphatic carbocycles. The number of hydrogen-bond donors (Lipinski definition) is 2. The highest BCUT2D eigenvalue weighted by Crippen LogP contribution is 2.35. The van der Waals surface area contributed by atoms with Crippen LogP contribution in [0.25, 0.3) is 0 Å². The number of fused-ring (bicyclic) bond motifs is 1. The summed E-state index contributed by atoms with van der Waals surface area (Å²) in [5, 5.41) is 5.92. The van der Waals surface area contributed by atoms with E-state index in [0.717, 1.165) is 17.7 Å². The fourth-order valence-electron chi connectivity index (χ4n) is 4.27. The van der Waals surface area contributed by atoms with Crippen molar-refractivity contribution in [1.29, 1.82) is 0 Å². The predicted octanol–water partition coefficient (Wildman–Crippen LogP) is 2.57. The van der Waals surface area contributed by atoms with Crippen LogP contribution in [0.1, 0.15) is 37.4 Å². The minimum absolute atomic E-state index is 0.0638. The molecular formula is C22H25N3O2. The lowest BCUT2D eigenvalue weighted by Crippen LogP contribution is -2.44. The Balaban J connectivity index is 1.46. The van der Waals surface area contributed by atoms with Crippen LogP contribution in [0.3, 0.4) is 0 Å². The largest absolute Gasteiger partial charge is 0.356 e. The molecule has 1 saturated heterocycles. The summed E-state index contributed by atoms with van der Waals surface area (Å²) in [6.07, 6.45) is 1.42. The van der Waals surface area contributed by atoms with Crippen LogP contribution < -0.4 is 15.5 Å². The average Bonchev–Trinajstić information content (AvgIpc) is 3.21. The summed E-state index contributed by atoms with van der Waals surface area (Å²) in [5.41, 5.74) is 3.43. The third-order valence-electron chi connectivity index (χ3n) is 5.65. The molecule has 4 atom stereocenters. The van der Waals surface area contributed by atoms with Gasteiger partial charge in [-0.1, -0.05) is 48.5 Å². The molecule has 0 spiro atoms. The lowest BCUT2D eigenvalue weighted by molar-refractivity contribution is -0.126. The van der Waals surface area contributed by atoms with E-state index in [1.165, 1.54) is 5.56 Å². The van der Waals surface area contributed by atoms with Gasteiger partial charge in [0.05, 0.1) is 6.04 Å². The molecule has 2 aliphatic rings. The second-order valence-electron chi connectivity index (χ2n) is 7.54. The Morgan fingerprint density at radius 3 is 2.63 bits per heavy atom. The van der Waals surface area contributed by atoms with Gasteiger partial charge < -0.3 is 15.5 Å². The van der Waals surface area contributed by atoms with Gasteiger partial charge in [-0.2, -0.15) is 0 Å². The Bertz CT molecular complexity index is 852. The molecule has 2 amide bonds. The summed E-state index contributed by atoms with van der Waals surface area (Å²) < 4.78 is 0. The fourth-order valence-corrected chi connectivity index (χ4v) is 4.27. The van der Waals surface area contributed by atoms with Crippen molar-refractivity contribution in [2.75, 3.05) is 4.90 Å². The average molecular weight is 363 g/mol. The molecule has 0 radical (unpaired) electrons. The van der Waals surface area contributed by atoms with E-state index in [-0.39, 0.29) is 29.9 Å². The van der Waals surface area contributed by atoms with Gasteiger partial charge in [-0.3, -0.25) is 9.59 Å². The molecule has 2 aromatic carbocycles. The van der Waals surface area contributed by atoms with Gasteiger partial charge in [-0.15, -0.1) is 0 Å². The minimum Gasteiger partial charge on any atom is -0.356 e. The van der Waals surface area contributed by atoms with Crippen molar-refractivity contribution in [3.05, 3.63) is 65.7 Å². The number of anilines is 1. The molecule has 2 aromatic rings. The zero-order chi connectivity index (χ0) is 19.0. The molecule has 2 N–H and O–H groups in total. The zero-order valence-corrected chi connectivity index (χ0v) is 15.7. The topological polar surface area (TPSA) is 61.4 Å². The first-order chi connectivity index (χ1) is 13.0. The van der Waals surface area contributed by atoms with Gasteiger partial charge in [-0.05, 0) is 37.5 Å². The molecule has 140 valence electrons.